The van der Waals surface area contributed by atoms with Crippen molar-refractivity contribution in [2.75, 3.05) is 0 Å². The highest BCUT2D eigenvalue weighted by Gasteiger charge is 2.29. The first-order valence-electron chi connectivity index (χ1n) is 5.76. The molecule has 0 aromatic carbocycles. The van der Waals surface area contributed by atoms with Crippen molar-refractivity contribution in [2.24, 2.45) is 18.2 Å². The Labute approximate surface area is 115 Å². The van der Waals surface area contributed by atoms with Gasteiger partial charge in [0.15, 0.2) is 0 Å². The van der Waals surface area contributed by atoms with Crippen LogP contribution in [0.2, 0.25) is 0 Å². The highest BCUT2D eigenvalue weighted by molar-refractivity contribution is 5.85. The van der Waals surface area contributed by atoms with E-state index in [0.717, 1.165) is 5.56 Å². The lowest BCUT2D eigenvalue weighted by Crippen LogP contribution is -2.44. The van der Waals surface area contributed by atoms with Crippen LogP contribution in [-0.4, -0.2) is 21.7 Å². The molecule has 1 unspecified atom stereocenters. The maximum absolute atomic E-state index is 11.7. The van der Waals surface area contributed by atoms with E-state index in [4.69, 9.17) is 5.73 Å². The quantitative estimate of drug-likeness (QED) is 0.875. The van der Waals surface area contributed by atoms with Crippen molar-refractivity contribution in [3.8, 4) is 0 Å². The number of nitrogens with two attached hydrogens (primary N) is 1. The second kappa shape index (κ2) is 6.20. The van der Waals surface area contributed by atoms with Crippen LogP contribution in [0.25, 0.3) is 0 Å². The zero-order chi connectivity index (χ0) is 13.2. The topological polar surface area (TPSA) is 72.9 Å². The van der Waals surface area contributed by atoms with Gasteiger partial charge in [-0.2, -0.15) is 5.10 Å². The molecule has 0 aliphatic heterocycles. The van der Waals surface area contributed by atoms with E-state index in [1.165, 1.54) is 0 Å². The zero-order valence-electron chi connectivity index (χ0n) is 11.6. The van der Waals surface area contributed by atoms with E-state index in [1.54, 1.807) is 17.8 Å². The van der Waals surface area contributed by atoms with Gasteiger partial charge in [-0.3, -0.25) is 9.48 Å². The summed E-state index contributed by atoms with van der Waals surface area (Å²) in [6.45, 7) is 7.91. The maximum atomic E-state index is 11.7. The molecule has 1 heterocycles. The van der Waals surface area contributed by atoms with Gasteiger partial charge in [-0.25, -0.2) is 0 Å². The Kier molecular flexibility index (Phi) is 5.83. The molecule has 1 aromatic heterocycles. The SMILES string of the molecule is C[C@@H](N)C(=O)NC(c1cnn(C)c1)C(C)(C)C.Cl. The third-order valence-corrected chi connectivity index (χ3v) is 2.62. The highest BCUT2D eigenvalue weighted by atomic mass is 35.5. The monoisotopic (exact) mass is 274 g/mol. The van der Waals surface area contributed by atoms with Crippen LogP contribution in [0.1, 0.15) is 39.3 Å². The lowest BCUT2D eigenvalue weighted by atomic mass is 9.83. The first-order valence-corrected chi connectivity index (χ1v) is 5.76. The lowest BCUT2D eigenvalue weighted by Gasteiger charge is -2.31. The molecule has 2 atom stereocenters. The van der Waals surface area contributed by atoms with Crippen molar-refractivity contribution in [1.82, 2.24) is 15.1 Å². The van der Waals surface area contributed by atoms with Gasteiger partial charge in [-0.15, -0.1) is 12.4 Å². The number of nitrogens with one attached hydrogen (secondary N) is 1. The number of amides is 1. The molecule has 5 nitrogen and oxygen atoms in total. The molecular weight excluding hydrogens is 252 g/mol. The van der Waals surface area contributed by atoms with E-state index in [2.05, 4.69) is 31.2 Å². The minimum Gasteiger partial charge on any atom is -0.347 e. The number of aryl methyl sites for hydroxylation is 1. The first-order chi connectivity index (χ1) is 7.71. The van der Waals surface area contributed by atoms with Crippen LogP contribution >= 0.6 is 12.4 Å². The molecule has 0 spiro atoms. The first kappa shape index (κ1) is 16.9. The molecule has 1 rings (SSSR count). The molecule has 0 saturated carbocycles. The summed E-state index contributed by atoms with van der Waals surface area (Å²) in [6, 6.07) is -0.591. The minimum atomic E-state index is -0.503. The summed E-state index contributed by atoms with van der Waals surface area (Å²) < 4.78 is 1.73. The Bertz CT molecular complexity index is 395. The number of hydrogen-bond acceptors (Lipinski definition) is 3. The van der Waals surface area contributed by atoms with Crippen LogP contribution in [-0.2, 0) is 11.8 Å². The van der Waals surface area contributed by atoms with Gasteiger partial charge >= 0.3 is 0 Å². The van der Waals surface area contributed by atoms with Crippen molar-refractivity contribution in [2.45, 2.75) is 39.8 Å². The van der Waals surface area contributed by atoms with Crippen molar-refractivity contribution >= 4 is 18.3 Å². The standard InChI is InChI=1S/C12H22N4O.ClH/c1-8(13)11(17)15-10(12(2,3)4)9-6-14-16(5)7-9;/h6-8,10H,13H2,1-5H3,(H,15,17);1H/t8-,10?;/m1./s1. The number of aromatic nitrogens is 2. The summed E-state index contributed by atoms with van der Waals surface area (Å²) in [5.41, 5.74) is 6.48. The predicted molar refractivity (Wildman–Crippen MR) is 74.4 cm³/mol. The molecule has 6 heteroatoms. The number of halogens is 1. The summed E-state index contributed by atoms with van der Waals surface area (Å²) in [7, 11) is 1.86. The molecule has 18 heavy (non-hydrogen) atoms. The van der Waals surface area contributed by atoms with E-state index < -0.39 is 6.04 Å². The third kappa shape index (κ3) is 4.31. The van der Waals surface area contributed by atoms with Gasteiger partial charge in [0.05, 0.1) is 18.3 Å². The normalized spacial score (nSPS) is 14.6. The Morgan fingerprint density at radius 3 is 2.39 bits per heavy atom. The average molecular weight is 275 g/mol. The fourth-order valence-corrected chi connectivity index (χ4v) is 1.66. The fraction of sp³-hybridized carbons (Fsp3) is 0.667. The Hall–Kier alpha value is -1.07. The summed E-state index contributed by atoms with van der Waals surface area (Å²) in [5.74, 6) is -0.145. The van der Waals surface area contributed by atoms with E-state index in [1.807, 2.05) is 13.2 Å². The number of nitrogens with zero attached hydrogens (tertiary/aromatic N) is 2. The van der Waals surface area contributed by atoms with Gasteiger partial charge in [0.1, 0.15) is 0 Å². The van der Waals surface area contributed by atoms with Gasteiger partial charge in [0.25, 0.3) is 0 Å². The van der Waals surface area contributed by atoms with E-state index in [9.17, 15) is 4.79 Å². The number of rotatable bonds is 3. The second-order valence-corrected chi connectivity index (χ2v) is 5.54. The number of carbonyl (C=O) groups is 1. The average Bonchev–Trinajstić information content (AvgIpc) is 2.58. The van der Waals surface area contributed by atoms with Gasteiger partial charge in [0, 0.05) is 18.8 Å². The van der Waals surface area contributed by atoms with Crippen molar-refractivity contribution in [3.05, 3.63) is 18.0 Å². The van der Waals surface area contributed by atoms with Crippen LogP contribution in [0.15, 0.2) is 12.4 Å². The maximum Gasteiger partial charge on any atom is 0.237 e. The Morgan fingerprint density at radius 2 is 2.06 bits per heavy atom. The largest absolute Gasteiger partial charge is 0.347 e. The van der Waals surface area contributed by atoms with Crippen molar-refractivity contribution in [1.29, 1.82) is 0 Å². The lowest BCUT2D eigenvalue weighted by molar-refractivity contribution is -0.123. The molecule has 1 aromatic rings. The van der Waals surface area contributed by atoms with E-state index in [-0.39, 0.29) is 29.8 Å². The predicted octanol–water partition coefficient (Wildman–Crippen LogP) is 1.39. The van der Waals surface area contributed by atoms with Crippen LogP contribution in [0.4, 0.5) is 0 Å². The van der Waals surface area contributed by atoms with Crippen LogP contribution in [0.5, 0.6) is 0 Å². The molecule has 0 aliphatic carbocycles. The Morgan fingerprint density at radius 1 is 1.50 bits per heavy atom. The van der Waals surface area contributed by atoms with E-state index in [0.29, 0.717) is 0 Å². The summed E-state index contributed by atoms with van der Waals surface area (Å²) in [6.07, 6.45) is 3.69. The van der Waals surface area contributed by atoms with Crippen LogP contribution in [0, 0.1) is 5.41 Å². The van der Waals surface area contributed by atoms with Gasteiger partial charge in [-0.1, -0.05) is 20.8 Å². The molecule has 104 valence electrons. The third-order valence-electron chi connectivity index (χ3n) is 2.62. The Balaban J connectivity index is 0.00000289. The fourth-order valence-electron chi connectivity index (χ4n) is 1.66. The smallest absolute Gasteiger partial charge is 0.237 e. The molecule has 1 amide bonds. The minimum absolute atomic E-state index is 0. The zero-order valence-corrected chi connectivity index (χ0v) is 12.4. The summed E-state index contributed by atoms with van der Waals surface area (Å²) in [4.78, 5) is 11.7. The molecule has 0 radical (unpaired) electrons. The molecule has 0 fully saturated rings. The van der Waals surface area contributed by atoms with Crippen molar-refractivity contribution < 1.29 is 4.79 Å². The van der Waals surface area contributed by atoms with Gasteiger partial charge in [0.2, 0.25) is 5.91 Å². The number of hydrogen-bond donors (Lipinski definition) is 2. The van der Waals surface area contributed by atoms with E-state index >= 15 is 0 Å². The van der Waals surface area contributed by atoms with Gasteiger partial charge < -0.3 is 11.1 Å². The molecule has 0 bridgehead atoms. The summed E-state index contributed by atoms with van der Waals surface area (Å²) in [5, 5.41) is 7.11. The molecule has 0 aliphatic rings. The second-order valence-electron chi connectivity index (χ2n) is 5.54. The molecule has 3 N–H and O–H groups in total. The van der Waals surface area contributed by atoms with Gasteiger partial charge in [-0.05, 0) is 12.3 Å². The highest BCUT2D eigenvalue weighted by Crippen LogP contribution is 2.32. The molecule has 0 saturated heterocycles. The van der Waals surface area contributed by atoms with Crippen LogP contribution < -0.4 is 11.1 Å². The van der Waals surface area contributed by atoms with Crippen LogP contribution in [0.3, 0.4) is 0 Å². The van der Waals surface area contributed by atoms with Crippen molar-refractivity contribution in [3.63, 3.8) is 0 Å². The molecular formula is C12H23ClN4O. The number of carbonyl (C=O) groups excluding carboxylic acids is 1. The summed E-state index contributed by atoms with van der Waals surface area (Å²) >= 11 is 0.